The maximum atomic E-state index is 12.0. The minimum absolute atomic E-state index is 0.0137. The van der Waals surface area contributed by atoms with Crippen molar-refractivity contribution in [1.29, 1.82) is 0 Å². The first-order valence-corrected chi connectivity index (χ1v) is 5.52. The van der Waals surface area contributed by atoms with Crippen molar-refractivity contribution in [3.05, 3.63) is 18.0 Å². The highest BCUT2D eigenvalue weighted by atomic mass is 16.2. The normalized spacial score (nSPS) is 12.1. The molecular weight excluding hydrogens is 234 g/mol. The highest BCUT2D eigenvalue weighted by Gasteiger charge is 2.22. The number of carbonyl (C=O) groups excluding carboxylic acids is 2. The van der Waals surface area contributed by atoms with Crippen LogP contribution in [0.1, 0.15) is 11.6 Å². The Labute approximate surface area is 106 Å². The van der Waals surface area contributed by atoms with Gasteiger partial charge in [0.15, 0.2) is 0 Å². The number of likely N-dealkylation sites (N-methyl/N-ethyl adjacent to an activating group) is 2. The molecule has 1 unspecified atom stereocenters. The highest BCUT2D eigenvalue weighted by molar-refractivity contribution is 5.87. The summed E-state index contributed by atoms with van der Waals surface area (Å²) in [6.07, 6.45) is 3.23. The largest absolute Gasteiger partial charge is 0.347 e. The fraction of sp³-hybridized carbons (Fsp3) is 0.545. The molecule has 100 valence electrons. The third-order valence-corrected chi connectivity index (χ3v) is 2.60. The zero-order valence-corrected chi connectivity index (χ0v) is 11.1. The van der Waals surface area contributed by atoms with Gasteiger partial charge in [-0.15, -0.1) is 0 Å². The number of nitrogens with zero attached hydrogens (tertiary/aromatic N) is 4. The van der Waals surface area contributed by atoms with Gasteiger partial charge in [0.2, 0.25) is 11.8 Å². The summed E-state index contributed by atoms with van der Waals surface area (Å²) in [7, 11) is 6.59. The van der Waals surface area contributed by atoms with Crippen molar-refractivity contribution in [3.8, 4) is 0 Å². The van der Waals surface area contributed by atoms with Gasteiger partial charge in [-0.05, 0) is 0 Å². The number of aryl methyl sites for hydroxylation is 1. The average molecular weight is 253 g/mol. The van der Waals surface area contributed by atoms with Crippen LogP contribution in [0.25, 0.3) is 0 Å². The predicted molar refractivity (Wildman–Crippen MR) is 66.5 cm³/mol. The monoisotopic (exact) mass is 253 g/mol. The zero-order valence-electron chi connectivity index (χ0n) is 11.1. The Morgan fingerprint density at radius 1 is 1.44 bits per heavy atom. The molecule has 0 saturated carbocycles. The maximum absolute atomic E-state index is 12.0. The summed E-state index contributed by atoms with van der Waals surface area (Å²) in [5, 5.41) is 3.96. The molecule has 0 aliphatic carbocycles. The van der Waals surface area contributed by atoms with Crippen LogP contribution in [-0.2, 0) is 16.6 Å². The molecule has 0 radical (unpaired) electrons. The summed E-state index contributed by atoms with van der Waals surface area (Å²) in [6, 6.07) is -0.793. The first kappa shape index (κ1) is 14.2. The van der Waals surface area contributed by atoms with Crippen LogP contribution in [0.2, 0.25) is 0 Å². The molecule has 0 saturated heterocycles. The topological polar surface area (TPSA) is 84.5 Å². The van der Waals surface area contributed by atoms with Crippen molar-refractivity contribution in [2.45, 2.75) is 6.04 Å². The molecule has 7 heteroatoms. The van der Waals surface area contributed by atoms with E-state index in [2.05, 4.69) is 5.10 Å². The van der Waals surface area contributed by atoms with E-state index >= 15 is 0 Å². The summed E-state index contributed by atoms with van der Waals surface area (Å²) >= 11 is 0. The molecule has 1 aromatic heterocycles. The Kier molecular flexibility index (Phi) is 4.43. The smallest absolute Gasteiger partial charge is 0.244 e. The van der Waals surface area contributed by atoms with Crippen LogP contribution in [0.3, 0.4) is 0 Å². The molecule has 0 bridgehead atoms. The molecule has 1 heterocycles. The minimum atomic E-state index is -0.793. The van der Waals surface area contributed by atoms with Crippen molar-refractivity contribution in [2.75, 3.05) is 27.7 Å². The van der Waals surface area contributed by atoms with Crippen LogP contribution in [0.4, 0.5) is 0 Å². The minimum Gasteiger partial charge on any atom is -0.347 e. The van der Waals surface area contributed by atoms with Crippen molar-refractivity contribution < 1.29 is 9.59 Å². The second-order valence-electron chi connectivity index (χ2n) is 4.41. The molecule has 0 fully saturated rings. The van der Waals surface area contributed by atoms with Gasteiger partial charge in [-0.1, -0.05) is 0 Å². The predicted octanol–water partition coefficient (Wildman–Crippen LogP) is -1.03. The van der Waals surface area contributed by atoms with Gasteiger partial charge in [0.1, 0.15) is 6.04 Å². The summed E-state index contributed by atoms with van der Waals surface area (Å²) in [4.78, 5) is 26.2. The van der Waals surface area contributed by atoms with E-state index in [1.54, 1.807) is 45.3 Å². The lowest BCUT2D eigenvalue weighted by Gasteiger charge is -2.21. The summed E-state index contributed by atoms with van der Waals surface area (Å²) in [5.41, 5.74) is 6.47. The van der Waals surface area contributed by atoms with E-state index in [4.69, 9.17) is 5.73 Å². The van der Waals surface area contributed by atoms with Crippen molar-refractivity contribution in [2.24, 2.45) is 12.8 Å². The van der Waals surface area contributed by atoms with E-state index in [1.807, 2.05) is 0 Å². The zero-order chi connectivity index (χ0) is 13.9. The van der Waals surface area contributed by atoms with E-state index in [1.165, 1.54) is 9.80 Å². The first-order chi connectivity index (χ1) is 8.32. The lowest BCUT2D eigenvalue weighted by molar-refractivity contribution is -0.138. The van der Waals surface area contributed by atoms with Gasteiger partial charge in [0, 0.05) is 40.0 Å². The average Bonchev–Trinajstić information content (AvgIpc) is 2.73. The molecule has 1 aromatic rings. The van der Waals surface area contributed by atoms with Gasteiger partial charge < -0.3 is 15.5 Å². The molecule has 18 heavy (non-hydrogen) atoms. The van der Waals surface area contributed by atoms with Crippen LogP contribution in [0.5, 0.6) is 0 Å². The first-order valence-electron chi connectivity index (χ1n) is 5.52. The number of nitrogens with two attached hydrogens (primary N) is 1. The summed E-state index contributed by atoms with van der Waals surface area (Å²) in [5.74, 6) is -0.456. The second kappa shape index (κ2) is 5.63. The molecule has 0 aromatic carbocycles. The molecule has 7 nitrogen and oxygen atoms in total. The number of rotatable bonds is 4. The maximum Gasteiger partial charge on any atom is 0.244 e. The Morgan fingerprint density at radius 2 is 2.06 bits per heavy atom. The van der Waals surface area contributed by atoms with E-state index in [0.29, 0.717) is 5.56 Å². The van der Waals surface area contributed by atoms with E-state index in [9.17, 15) is 9.59 Å². The highest BCUT2D eigenvalue weighted by Crippen LogP contribution is 2.11. The molecule has 0 spiro atoms. The van der Waals surface area contributed by atoms with Gasteiger partial charge in [0.05, 0.1) is 12.7 Å². The Morgan fingerprint density at radius 3 is 2.50 bits per heavy atom. The molecule has 1 atom stereocenters. The quantitative estimate of drug-likeness (QED) is 0.743. The number of hydrogen-bond donors (Lipinski definition) is 1. The van der Waals surface area contributed by atoms with Crippen LogP contribution in [0.15, 0.2) is 12.4 Å². The third-order valence-electron chi connectivity index (χ3n) is 2.60. The molecule has 1 rings (SSSR count). The molecule has 2 amide bonds. The van der Waals surface area contributed by atoms with Crippen LogP contribution in [0, 0.1) is 0 Å². The Hall–Kier alpha value is -1.89. The van der Waals surface area contributed by atoms with Crippen molar-refractivity contribution >= 4 is 11.8 Å². The number of aromatic nitrogens is 2. The van der Waals surface area contributed by atoms with E-state index in [0.717, 1.165) is 0 Å². The second-order valence-corrected chi connectivity index (χ2v) is 4.41. The van der Waals surface area contributed by atoms with E-state index < -0.39 is 6.04 Å². The van der Waals surface area contributed by atoms with Crippen LogP contribution >= 0.6 is 0 Å². The fourth-order valence-electron chi connectivity index (χ4n) is 1.40. The number of hydrogen-bond acceptors (Lipinski definition) is 4. The van der Waals surface area contributed by atoms with Crippen LogP contribution < -0.4 is 5.73 Å². The summed E-state index contributed by atoms with van der Waals surface area (Å²) in [6.45, 7) is 0.0137. The summed E-state index contributed by atoms with van der Waals surface area (Å²) < 4.78 is 1.58. The number of amides is 2. The van der Waals surface area contributed by atoms with Crippen LogP contribution in [-0.4, -0.2) is 59.1 Å². The lowest BCUT2D eigenvalue weighted by Crippen LogP contribution is -2.41. The molecule has 0 aliphatic rings. The third kappa shape index (κ3) is 3.30. The van der Waals surface area contributed by atoms with Crippen molar-refractivity contribution in [1.82, 2.24) is 19.6 Å². The van der Waals surface area contributed by atoms with Gasteiger partial charge in [-0.2, -0.15) is 5.10 Å². The lowest BCUT2D eigenvalue weighted by atomic mass is 10.1. The van der Waals surface area contributed by atoms with Gasteiger partial charge >= 0.3 is 0 Å². The number of carbonyl (C=O) groups is 2. The Balaban J connectivity index is 2.66. The van der Waals surface area contributed by atoms with Crippen molar-refractivity contribution in [3.63, 3.8) is 0 Å². The van der Waals surface area contributed by atoms with Gasteiger partial charge in [-0.3, -0.25) is 14.3 Å². The molecule has 0 aliphatic heterocycles. The molecular formula is C11H19N5O2. The standard InChI is InChI=1S/C11H19N5O2/c1-14(2)9(17)7-15(3)11(18)10(12)8-5-13-16(4)6-8/h5-6,10H,7,12H2,1-4H3. The Bertz CT molecular complexity index is 440. The molecule has 2 N–H and O–H groups in total. The van der Waals surface area contributed by atoms with Gasteiger partial charge in [-0.25, -0.2) is 0 Å². The van der Waals surface area contributed by atoms with E-state index in [-0.39, 0.29) is 18.4 Å². The van der Waals surface area contributed by atoms with Gasteiger partial charge in [0.25, 0.3) is 0 Å². The SMILES string of the molecule is CN(C)C(=O)CN(C)C(=O)C(N)c1cnn(C)c1. The fourth-order valence-corrected chi connectivity index (χ4v) is 1.40.